The van der Waals surface area contributed by atoms with Crippen LogP contribution in [0.3, 0.4) is 0 Å². The molecule has 0 fully saturated rings. The summed E-state index contributed by atoms with van der Waals surface area (Å²) in [5.74, 6) is -1.87. The van der Waals surface area contributed by atoms with Crippen molar-refractivity contribution in [3.8, 4) is 5.75 Å². The Morgan fingerprint density at radius 2 is 1.77 bits per heavy atom. The topological polar surface area (TPSA) is 58.6 Å². The summed E-state index contributed by atoms with van der Waals surface area (Å²) in [5, 5.41) is 2.48. The number of hydrogen-bond donors (Lipinski definition) is 1. The minimum Gasteiger partial charge on any atom is -0.481 e. The molecule has 1 atom stereocenters. The number of rotatable bonds is 7. The molecule has 2 rings (SSSR count). The zero-order chi connectivity index (χ0) is 19.1. The van der Waals surface area contributed by atoms with Crippen LogP contribution in [0.5, 0.6) is 5.75 Å². The summed E-state index contributed by atoms with van der Waals surface area (Å²) in [7, 11) is 1.47. The van der Waals surface area contributed by atoms with Crippen LogP contribution in [0, 0.1) is 11.6 Å². The molecule has 0 spiro atoms. The summed E-state index contributed by atoms with van der Waals surface area (Å²) in [6.07, 6.45) is 0. The molecule has 0 heterocycles. The maximum absolute atomic E-state index is 13.6. The van der Waals surface area contributed by atoms with E-state index in [9.17, 15) is 18.4 Å². The van der Waals surface area contributed by atoms with Crippen molar-refractivity contribution in [3.05, 3.63) is 65.7 Å². The number of carbonyl (C=O) groups is 2. The lowest BCUT2D eigenvalue weighted by Crippen LogP contribution is -2.48. The fourth-order valence-corrected chi connectivity index (χ4v) is 2.36. The zero-order valence-corrected chi connectivity index (χ0v) is 14.5. The van der Waals surface area contributed by atoms with E-state index >= 15 is 0 Å². The molecule has 0 aromatic heterocycles. The standard InChI is InChI=1S/C19H20F2N2O3/c1-13(19(25)22-2)23(11-14-7-9-15(20)10-8-14)18(24)12-26-17-6-4-3-5-16(17)21/h3-10,13H,11-12H2,1-2H3,(H,22,25)/t13-/m0/s1. The van der Waals surface area contributed by atoms with Gasteiger partial charge in [0.25, 0.3) is 5.91 Å². The fraction of sp³-hybridized carbons (Fsp3) is 0.263. The van der Waals surface area contributed by atoms with Gasteiger partial charge in [0.05, 0.1) is 0 Å². The van der Waals surface area contributed by atoms with Crippen molar-refractivity contribution < 1.29 is 23.1 Å². The summed E-state index contributed by atoms with van der Waals surface area (Å²) in [6.45, 7) is 1.24. The number of halogens is 2. The Bertz CT molecular complexity index is 766. The van der Waals surface area contributed by atoms with E-state index in [0.29, 0.717) is 5.56 Å². The van der Waals surface area contributed by atoms with Crippen LogP contribution in [0.4, 0.5) is 8.78 Å². The normalized spacial score (nSPS) is 11.5. The molecule has 0 saturated carbocycles. The molecule has 0 aliphatic rings. The van der Waals surface area contributed by atoms with Crippen LogP contribution in [-0.4, -0.2) is 36.4 Å². The molecular formula is C19H20F2N2O3. The molecule has 0 aliphatic heterocycles. The van der Waals surface area contributed by atoms with Crippen molar-refractivity contribution >= 4 is 11.8 Å². The SMILES string of the molecule is CNC(=O)[C@H](C)N(Cc1ccc(F)cc1)C(=O)COc1ccccc1F. The lowest BCUT2D eigenvalue weighted by Gasteiger charge is -2.28. The van der Waals surface area contributed by atoms with Crippen LogP contribution in [0.15, 0.2) is 48.5 Å². The Hall–Kier alpha value is -2.96. The molecule has 0 radical (unpaired) electrons. The predicted octanol–water partition coefficient (Wildman–Crippen LogP) is 2.51. The monoisotopic (exact) mass is 362 g/mol. The van der Waals surface area contributed by atoms with Crippen LogP contribution >= 0.6 is 0 Å². The Morgan fingerprint density at radius 1 is 1.12 bits per heavy atom. The first kappa shape index (κ1) is 19.4. The van der Waals surface area contributed by atoms with E-state index in [4.69, 9.17) is 4.74 Å². The first-order valence-corrected chi connectivity index (χ1v) is 8.05. The summed E-state index contributed by atoms with van der Waals surface area (Å²) in [5.41, 5.74) is 0.654. The Labute approximate surface area is 150 Å². The molecule has 5 nitrogen and oxygen atoms in total. The van der Waals surface area contributed by atoms with Crippen molar-refractivity contribution in [1.29, 1.82) is 0 Å². The number of likely N-dealkylation sites (N-methyl/N-ethyl adjacent to an activating group) is 1. The van der Waals surface area contributed by atoms with E-state index < -0.39 is 30.2 Å². The molecule has 26 heavy (non-hydrogen) atoms. The van der Waals surface area contributed by atoms with Crippen LogP contribution in [0.1, 0.15) is 12.5 Å². The third kappa shape index (κ3) is 5.02. The average molecular weight is 362 g/mol. The number of para-hydroxylation sites is 1. The number of nitrogens with zero attached hydrogens (tertiary/aromatic N) is 1. The van der Waals surface area contributed by atoms with Crippen molar-refractivity contribution in [2.75, 3.05) is 13.7 Å². The van der Waals surface area contributed by atoms with Crippen LogP contribution < -0.4 is 10.1 Å². The molecule has 2 aromatic carbocycles. The Morgan fingerprint density at radius 3 is 2.38 bits per heavy atom. The minimum atomic E-state index is -0.776. The largest absolute Gasteiger partial charge is 0.481 e. The number of nitrogens with one attached hydrogen (secondary N) is 1. The molecule has 2 amide bonds. The fourth-order valence-electron chi connectivity index (χ4n) is 2.36. The predicted molar refractivity (Wildman–Crippen MR) is 92.4 cm³/mol. The highest BCUT2D eigenvalue weighted by Crippen LogP contribution is 2.16. The number of ether oxygens (including phenoxy) is 1. The second kappa shape index (κ2) is 8.94. The van der Waals surface area contributed by atoms with Crippen LogP contribution in [-0.2, 0) is 16.1 Å². The number of carbonyl (C=O) groups excluding carboxylic acids is 2. The van der Waals surface area contributed by atoms with E-state index in [2.05, 4.69) is 5.32 Å². The summed E-state index contributed by atoms with van der Waals surface area (Å²) in [4.78, 5) is 25.8. The molecule has 2 aromatic rings. The summed E-state index contributed by atoms with van der Waals surface area (Å²) >= 11 is 0. The number of amides is 2. The van der Waals surface area contributed by atoms with E-state index in [1.165, 1.54) is 54.4 Å². The molecule has 0 aliphatic carbocycles. The lowest BCUT2D eigenvalue weighted by molar-refractivity contribution is -0.142. The van der Waals surface area contributed by atoms with E-state index in [-0.39, 0.29) is 18.2 Å². The van der Waals surface area contributed by atoms with Gasteiger partial charge in [-0.05, 0) is 36.8 Å². The highest BCUT2D eigenvalue weighted by Gasteiger charge is 2.26. The van der Waals surface area contributed by atoms with E-state index in [1.54, 1.807) is 13.0 Å². The van der Waals surface area contributed by atoms with Gasteiger partial charge in [-0.1, -0.05) is 24.3 Å². The third-order valence-corrected chi connectivity index (χ3v) is 3.87. The van der Waals surface area contributed by atoms with Gasteiger partial charge in [-0.3, -0.25) is 9.59 Å². The van der Waals surface area contributed by atoms with Gasteiger partial charge in [-0.2, -0.15) is 0 Å². The quantitative estimate of drug-likeness (QED) is 0.823. The van der Waals surface area contributed by atoms with Gasteiger partial charge in [0, 0.05) is 13.6 Å². The van der Waals surface area contributed by atoms with E-state index in [0.717, 1.165) is 0 Å². The second-order valence-electron chi connectivity index (χ2n) is 5.66. The Balaban J connectivity index is 2.13. The molecule has 138 valence electrons. The smallest absolute Gasteiger partial charge is 0.261 e. The number of benzene rings is 2. The highest BCUT2D eigenvalue weighted by atomic mass is 19.1. The van der Waals surface area contributed by atoms with Crippen molar-refractivity contribution in [2.45, 2.75) is 19.5 Å². The van der Waals surface area contributed by atoms with Crippen molar-refractivity contribution in [3.63, 3.8) is 0 Å². The van der Waals surface area contributed by atoms with Gasteiger partial charge in [0.2, 0.25) is 5.91 Å². The maximum Gasteiger partial charge on any atom is 0.261 e. The van der Waals surface area contributed by atoms with Gasteiger partial charge in [0.1, 0.15) is 11.9 Å². The van der Waals surface area contributed by atoms with Crippen LogP contribution in [0.2, 0.25) is 0 Å². The molecule has 1 N–H and O–H groups in total. The molecule has 7 heteroatoms. The first-order valence-electron chi connectivity index (χ1n) is 8.05. The lowest BCUT2D eigenvalue weighted by atomic mass is 10.1. The zero-order valence-electron chi connectivity index (χ0n) is 14.5. The summed E-state index contributed by atoms with van der Waals surface area (Å²) < 4.78 is 31.9. The minimum absolute atomic E-state index is 0.0461. The summed E-state index contributed by atoms with van der Waals surface area (Å²) in [6, 6.07) is 10.6. The molecular weight excluding hydrogens is 342 g/mol. The second-order valence-corrected chi connectivity index (χ2v) is 5.66. The average Bonchev–Trinajstić information content (AvgIpc) is 2.65. The molecule has 0 saturated heterocycles. The van der Waals surface area contributed by atoms with Gasteiger partial charge >= 0.3 is 0 Å². The number of hydrogen-bond acceptors (Lipinski definition) is 3. The van der Waals surface area contributed by atoms with Gasteiger partial charge in [0.15, 0.2) is 18.2 Å². The maximum atomic E-state index is 13.6. The van der Waals surface area contributed by atoms with Gasteiger partial charge < -0.3 is 15.0 Å². The van der Waals surface area contributed by atoms with Gasteiger partial charge in [-0.15, -0.1) is 0 Å². The van der Waals surface area contributed by atoms with Crippen molar-refractivity contribution in [1.82, 2.24) is 10.2 Å². The Kier molecular flexibility index (Phi) is 6.66. The third-order valence-electron chi connectivity index (χ3n) is 3.87. The molecule has 0 unspecified atom stereocenters. The van der Waals surface area contributed by atoms with Crippen molar-refractivity contribution in [2.24, 2.45) is 0 Å². The highest BCUT2D eigenvalue weighted by molar-refractivity contribution is 5.87. The van der Waals surface area contributed by atoms with Crippen LogP contribution in [0.25, 0.3) is 0 Å². The van der Waals surface area contributed by atoms with E-state index in [1.807, 2.05) is 0 Å². The first-order chi connectivity index (χ1) is 12.4. The molecule has 0 bridgehead atoms. The van der Waals surface area contributed by atoms with Gasteiger partial charge in [-0.25, -0.2) is 8.78 Å².